The minimum absolute atomic E-state index is 0.00187. The summed E-state index contributed by atoms with van der Waals surface area (Å²) >= 11 is 1.24. The van der Waals surface area contributed by atoms with Crippen LogP contribution in [0.25, 0.3) is 11.0 Å². The molecule has 0 bridgehead atoms. The Kier molecular flexibility index (Phi) is 6.72. The van der Waals surface area contributed by atoms with Crippen LogP contribution in [-0.2, 0) is 11.3 Å². The summed E-state index contributed by atoms with van der Waals surface area (Å²) in [6.45, 7) is 2.54. The van der Waals surface area contributed by atoms with E-state index >= 15 is 0 Å². The number of rotatable bonds is 5. The SMILES string of the molecule is CCn1c(=O)c(SCC(=O)NC2CCCCCCC2)nc2ccccc21. The van der Waals surface area contributed by atoms with Crippen molar-refractivity contribution in [3.05, 3.63) is 34.6 Å². The number of para-hydroxylation sites is 2. The van der Waals surface area contributed by atoms with Gasteiger partial charge in [0.05, 0.1) is 16.8 Å². The monoisotopic (exact) mass is 373 g/mol. The van der Waals surface area contributed by atoms with E-state index in [1.54, 1.807) is 4.57 Å². The second-order valence-corrected chi connectivity index (χ2v) is 7.82. The van der Waals surface area contributed by atoms with E-state index in [0.717, 1.165) is 23.9 Å². The summed E-state index contributed by atoms with van der Waals surface area (Å²) in [7, 11) is 0. The largest absolute Gasteiger partial charge is 0.353 e. The summed E-state index contributed by atoms with van der Waals surface area (Å²) in [5.41, 5.74) is 1.51. The maximum absolute atomic E-state index is 12.6. The highest BCUT2D eigenvalue weighted by molar-refractivity contribution is 7.99. The van der Waals surface area contributed by atoms with Gasteiger partial charge in [-0.3, -0.25) is 9.59 Å². The number of benzene rings is 1. The Morgan fingerprint density at radius 1 is 1.19 bits per heavy atom. The lowest BCUT2D eigenvalue weighted by Crippen LogP contribution is -2.36. The molecule has 1 aliphatic rings. The zero-order chi connectivity index (χ0) is 18.4. The fourth-order valence-corrected chi connectivity index (χ4v) is 4.33. The molecule has 0 unspecified atom stereocenters. The van der Waals surface area contributed by atoms with Gasteiger partial charge >= 0.3 is 0 Å². The molecule has 0 spiro atoms. The zero-order valence-corrected chi connectivity index (χ0v) is 16.2. The Morgan fingerprint density at radius 3 is 2.62 bits per heavy atom. The van der Waals surface area contributed by atoms with E-state index in [9.17, 15) is 9.59 Å². The van der Waals surface area contributed by atoms with Crippen LogP contribution >= 0.6 is 11.8 Å². The summed E-state index contributed by atoms with van der Waals surface area (Å²) in [6, 6.07) is 7.91. The van der Waals surface area contributed by atoms with Gasteiger partial charge in [0, 0.05) is 12.6 Å². The van der Waals surface area contributed by atoms with E-state index < -0.39 is 0 Å². The molecule has 0 atom stereocenters. The van der Waals surface area contributed by atoms with E-state index in [4.69, 9.17) is 0 Å². The molecule has 5 nitrogen and oxygen atoms in total. The second kappa shape index (κ2) is 9.21. The second-order valence-electron chi connectivity index (χ2n) is 6.85. The number of thioether (sulfide) groups is 1. The maximum atomic E-state index is 12.6. The molecule has 1 saturated carbocycles. The molecule has 1 aromatic carbocycles. The molecule has 1 heterocycles. The number of carbonyl (C=O) groups excluding carboxylic acids is 1. The first-order valence-electron chi connectivity index (χ1n) is 9.60. The summed E-state index contributed by atoms with van der Waals surface area (Å²) in [5, 5.41) is 3.55. The number of fused-ring (bicyclic) bond motifs is 1. The van der Waals surface area contributed by atoms with Crippen molar-refractivity contribution in [1.29, 1.82) is 0 Å². The third-order valence-corrected chi connectivity index (χ3v) is 5.89. The van der Waals surface area contributed by atoms with Gasteiger partial charge in [-0.1, -0.05) is 56.0 Å². The molecule has 6 heteroatoms. The van der Waals surface area contributed by atoms with Crippen molar-refractivity contribution >= 4 is 28.7 Å². The van der Waals surface area contributed by atoms with Gasteiger partial charge in [0.15, 0.2) is 5.03 Å². The number of amides is 1. The van der Waals surface area contributed by atoms with Gasteiger partial charge in [0.25, 0.3) is 5.56 Å². The number of carbonyl (C=O) groups is 1. The summed E-state index contributed by atoms with van der Waals surface area (Å²) < 4.78 is 1.72. The molecule has 1 aliphatic carbocycles. The Labute approximate surface area is 158 Å². The van der Waals surface area contributed by atoms with Crippen LogP contribution in [0.5, 0.6) is 0 Å². The van der Waals surface area contributed by atoms with Crippen LogP contribution in [0, 0.1) is 0 Å². The molecule has 0 aliphatic heterocycles. The van der Waals surface area contributed by atoms with Crippen molar-refractivity contribution in [1.82, 2.24) is 14.9 Å². The van der Waals surface area contributed by atoms with Gasteiger partial charge in [-0.25, -0.2) is 4.98 Å². The highest BCUT2D eigenvalue weighted by Crippen LogP contribution is 2.19. The molecule has 1 aromatic heterocycles. The van der Waals surface area contributed by atoms with Crippen molar-refractivity contribution in [2.75, 3.05) is 5.75 Å². The van der Waals surface area contributed by atoms with Gasteiger partial charge in [0.1, 0.15) is 0 Å². The average molecular weight is 374 g/mol. The average Bonchev–Trinajstić information content (AvgIpc) is 2.62. The van der Waals surface area contributed by atoms with Crippen LogP contribution in [0.2, 0.25) is 0 Å². The predicted octanol–water partition coefficient (Wildman–Crippen LogP) is 3.74. The Bertz CT molecular complexity index is 810. The first-order chi connectivity index (χ1) is 12.7. The third-order valence-electron chi connectivity index (χ3n) is 4.95. The molecule has 1 fully saturated rings. The molecule has 26 heavy (non-hydrogen) atoms. The van der Waals surface area contributed by atoms with Crippen molar-refractivity contribution in [3.8, 4) is 0 Å². The minimum Gasteiger partial charge on any atom is -0.353 e. The number of nitrogens with zero attached hydrogens (tertiary/aromatic N) is 2. The predicted molar refractivity (Wildman–Crippen MR) is 107 cm³/mol. The Hall–Kier alpha value is -1.82. The zero-order valence-electron chi connectivity index (χ0n) is 15.4. The number of hydrogen-bond acceptors (Lipinski definition) is 4. The molecule has 2 aromatic rings. The van der Waals surface area contributed by atoms with Gasteiger partial charge in [0.2, 0.25) is 5.91 Å². The van der Waals surface area contributed by atoms with Crippen molar-refractivity contribution < 1.29 is 4.79 Å². The van der Waals surface area contributed by atoms with Gasteiger partial charge < -0.3 is 9.88 Å². The van der Waals surface area contributed by atoms with Crippen LogP contribution in [0.3, 0.4) is 0 Å². The number of nitrogens with one attached hydrogen (secondary N) is 1. The van der Waals surface area contributed by atoms with Crippen LogP contribution in [0.1, 0.15) is 51.9 Å². The topological polar surface area (TPSA) is 64.0 Å². The van der Waals surface area contributed by atoms with Crippen molar-refractivity contribution in [2.24, 2.45) is 0 Å². The maximum Gasteiger partial charge on any atom is 0.283 e. The smallest absolute Gasteiger partial charge is 0.283 e. The molecule has 1 N–H and O–H groups in total. The van der Waals surface area contributed by atoms with Crippen molar-refractivity contribution in [3.63, 3.8) is 0 Å². The van der Waals surface area contributed by atoms with Crippen LogP contribution in [0.4, 0.5) is 0 Å². The Balaban J connectivity index is 1.66. The minimum atomic E-state index is -0.116. The van der Waals surface area contributed by atoms with E-state index in [2.05, 4.69) is 10.3 Å². The summed E-state index contributed by atoms with van der Waals surface area (Å²) in [4.78, 5) is 29.5. The first-order valence-corrected chi connectivity index (χ1v) is 10.6. The van der Waals surface area contributed by atoms with Crippen LogP contribution in [0.15, 0.2) is 34.1 Å². The fraction of sp³-hybridized carbons (Fsp3) is 0.550. The lowest BCUT2D eigenvalue weighted by Gasteiger charge is -2.20. The third kappa shape index (κ3) is 4.67. The number of aryl methyl sites for hydroxylation is 1. The van der Waals surface area contributed by atoms with Crippen molar-refractivity contribution in [2.45, 2.75) is 69.5 Å². The number of aromatic nitrogens is 2. The molecular weight excluding hydrogens is 346 g/mol. The normalized spacial score (nSPS) is 16.2. The molecule has 0 radical (unpaired) electrons. The summed E-state index contributed by atoms with van der Waals surface area (Å²) in [6.07, 6.45) is 8.34. The molecule has 0 saturated heterocycles. The number of hydrogen-bond donors (Lipinski definition) is 1. The molecular formula is C20H27N3O2S. The van der Waals surface area contributed by atoms with Crippen LogP contribution in [-0.4, -0.2) is 27.3 Å². The highest BCUT2D eigenvalue weighted by atomic mass is 32.2. The molecule has 140 valence electrons. The highest BCUT2D eigenvalue weighted by Gasteiger charge is 2.16. The molecule has 3 rings (SSSR count). The van der Waals surface area contributed by atoms with Gasteiger partial charge in [-0.15, -0.1) is 0 Å². The Morgan fingerprint density at radius 2 is 1.88 bits per heavy atom. The van der Waals surface area contributed by atoms with Gasteiger partial charge in [-0.2, -0.15) is 0 Å². The molecule has 1 amide bonds. The van der Waals surface area contributed by atoms with E-state index in [0.29, 0.717) is 11.6 Å². The lowest BCUT2D eigenvalue weighted by atomic mass is 9.97. The quantitative estimate of drug-likeness (QED) is 0.811. The van der Waals surface area contributed by atoms with Gasteiger partial charge in [-0.05, 0) is 31.9 Å². The van der Waals surface area contributed by atoms with E-state index in [1.165, 1.54) is 43.9 Å². The lowest BCUT2D eigenvalue weighted by molar-refractivity contribution is -0.119. The fourth-order valence-electron chi connectivity index (χ4n) is 3.58. The van der Waals surface area contributed by atoms with Crippen LogP contribution < -0.4 is 10.9 Å². The van der Waals surface area contributed by atoms with E-state index in [1.807, 2.05) is 31.2 Å². The summed E-state index contributed by atoms with van der Waals surface area (Å²) in [5.74, 6) is 0.235. The first kappa shape index (κ1) is 19.0. The van der Waals surface area contributed by atoms with E-state index in [-0.39, 0.29) is 23.3 Å². The standard InChI is InChI=1S/C20H27N3O2S/c1-2-23-17-13-9-8-12-16(17)22-19(20(23)25)26-14-18(24)21-15-10-6-4-3-5-7-11-15/h8-9,12-13,15H,2-7,10-11,14H2,1H3,(H,21,24).